The molecule has 0 N–H and O–H groups in total. The fourth-order valence-corrected chi connectivity index (χ4v) is 4.29. The third-order valence-electron chi connectivity index (χ3n) is 5.24. The maximum Gasteiger partial charge on any atom is 0.269 e. The van der Waals surface area contributed by atoms with Crippen LogP contribution >= 0.6 is 15.9 Å². The van der Waals surface area contributed by atoms with Gasteiger partial charge in [-0.1, -0.05) is 28.1 Å². The molecule has 2 aliphatic rings. The Morgan fingerprint density at radius 2 is 1.82 bits per heavy atom. The highest BCUT2D eigenvalue weighted by molar-refractivity contribution is 9.10. The van der Waals surface area contributed by atoms with Crippen LogP contribution in [0, 0.1) is 10.1 Å². The van der Waals surface area contributed by atoms with E-state index < -0.39 is 10.8 Å². The minimum absolute atomic E-state index is 0.0207. The first kappa shape index (κ1) is 18.6. The van der Waals surface area contributed by atoms with Crippen LogP contribution in [0.1, 0.15) is 37.2 Å². The molecule has 2 aromatic rings. The molecular formula is C21H17BrN2O4. The first-order valence-electron chi connectivity index (χ1n) is 9.05. The first-order valence-corrected chi connectivity index (χ1v) is 9.84. The molecule has 1 aliphatic heterocycles. The zero-order valence-electron chi connectivity index (χ0n) is 14.9. The number of carbonyl (C=O) groups excluding carboxylic acids is 2. The number of amides is 1. The lowest BCUT2D eigenvalue weighted by molar-refractivity contribution is -0.384. The van der Waals surface area contributed by atoms with Crippen molar-refractivity contribution in [2.24, 2.45) is 0 Å². The van der Waals surface area contributed by atoms with Crippen molar-refractivity contribution < 1.29 is 14.5 Å². The number of hydrogen-bond acceptors (Lipinski definition) is 4. The number of benzene rings is 2. The molecule has 1 aliphatic carbocycles. The van der Waals surface area contributed by atoms with Crippen molar-refractivity contribution in [2.75, 3.05) is 4.90 Å². The van der Waals surface area contributed by atoms with E-state index in [0.29, 0.717) is 30.4 Å². The summed E-state index contributed by atoms with van der Waals surface area (Å²) in [5.41, 5.74) is 2.68. The minimum Gasteiger partial charge on any atom is -0.294 e. The Labute approximate surface area is 170 Å². The van der Waals surface area contributed by atoms with Gasteiger partial charge in [0.15, 0.2) is 5.78 Å². The average molecular weight is 441 g/mol. The number of anilines is 1. The summed E-state index contributed by atoms with van der Waals surface area (Å²) in [6.07, 6.45) is 1.88. The van der Waals surface area contributed by atoms with Crippen LogP contribution in [0.5, 0.6) is 0 Å². The van der Waals surface area contributed by atoms with Gasteiger partial charge < -0.3 is 0 Å². The van der Waals surface area contributed by atoms with Crippen molar-refractivity contribution in [2.45, 2.75) is 31.6 Å². The third kappa shape index (κ3) is 3.26. The van der Waals surface area contributed by atoms with E-state index in [4.69, 9.17) is 0 Å². The number of halogens is 1. The predicted octanol–water partition coefficient (Wildman–Crippen LogP) is 4.88. The Kier molecular flexibility index (Phi) is 4.85. The Balaban J connectivity index is 1.84. The van der Waals surface area contributed by atoms with E-state index in [9.17, 15) is 19.7 Å². The van der Waals surface area contributed by atoms with Gasteiger partial charge in [-0.25, -0.2) is 0 Å². The highest BCUT2D eigenvalue weighted by Crippen LogP contribution is 2.43. The number of non-ortho nitro benzene ring substituents is 1. The van der Waals surface area contributed by atoms with Crippen molar-refractivity contribution in [3.8, 4) is 0 Å². The highest BCUT2D eigenvalue weighted by Gasteiger charge is 2.39. The van der Waals surface area contributed by atoms with Crippen LogP contribution in [0.2, 0.25) is 0 Å². The van der Waals surface area contributed by atoms with E-state index in [1.165, 1.54) is 12.1 Å². The topological polar surface area (TPSA) is 80.5 Å². The molecule has 0 fully saturated rings. The normalized spacial score (nSPS) is 19.6. The zero-order valence-corrected chi connectivity index (χ0v) is 16.5. The molecule has 2 aromatic carbocycles. The van der Waals surface area contributed by atoms with E-state index in [2.05, 4.69) is 15.9 Å². The molecule has 1 unspecified atom stereocenters. The molecule has 28 heavy (non-hydrogen) atoms. The molecule has 1 atom stereocenters. The molecule has 1 heterocycles. The maximum absolute atomic E-state index is 13.1. The number of carbonyl (C=O) groups is 2. The number of rotatable bonds is 3. The summed E-state index contributed by atoms with van der Waals surface area (Å²) >= 11 is 3.40. The van der Waals surface area contributed by atoms with Gasteiger partial charge >= 0.3 is 0 Å². The molecule has 0 bridgehead atoms. The lowest BCUT2D eigenvalue weighted by Gasteiger charge is -2.38. The van der Waals surface area contributed by atoms with Gasteiger partial charge in [-0.05, 0) is 42.7 Å². The van der Waals surface area contributed by atoms with Crippen LogP contribution < -0.4 is 4.90 Å². The molecule has 0 aromatic heterocycles. The molecule has 0 saturated heterocycles. The lowest BCUT2D eigenvalue weighted by Crippen LogP contribution is -2.40. The SMILES string of the molecule is O=C1CCCC2=C1C(c1cccc([N+](=O)[O-])c1)CC(=O)N2c1ccc(Br)cc1. The van der Waals surface area contributed by atoms with Crippen molar-refractivity contribution in [1.82, 2.24) is 0 Å². The molecule has 0 spiro atoms. The standard InChI is InChI=1S/C21H17BrN2O4/c22-14-7-9-15(10-8-14)23-18-5-2-6-19(25)21(18)17(12-20(23)26)13-3-1-4-16(11-13)24(27)28/h1,3-4,7-11,17H,2,5-6,12H2. The Morgan fingerprint density at radius 3 is 2.54 bits per heavy atom. The highest BCUT2D eigenvalue weighted by atomic mass is 79.9. The predicted molar refractivity (Wildman–Crippen MR) is 108 cm³/mol. The van der Waals surface area contributed by atoms with Gasteiger partial charge in [-0.3, -0.25) is 24.6 Å². The molecular weight excluding hydrogens is 424 g/mol. The van der Waals surface area contributed by atoms with Crippen LogP contribution in [0.3, 0.4) is 0 Å². The molecule has 7 heteroatoms. The largest absolute Gasteiger partial charge is 0.294 e. The van der Waals surface area contributed by atoms with Gasteiger partial charge in [0.1, 0.15) is 0 Å². The fourth-order valence-electron chi connectivity index (χ4n) is 4.02. The quantitative estimate of drug-likeness (QED) is 0.502. The van der Waals surface area contributed by atoms with E-state index in [-0.39, 0.29) is 23.8 Å². The lowest BCUT2D eigenvalue weighted by atomic mass is 9.77. The summed E-state index contributed by atoms with van der Waals surface area (Å²) in [4.78, 5) is 38.3. The van der Waals surface area contributed by atoms with Crippen LogP contribution in [-0.2, 0) is 9.59 Å². The number of Topliss-reactive ketones (excluding diaryl/α,β-unsaturated/α-hetero) is 1. The van der Waals surface area contributed by atoms with Crippen LogP contribution in [-0.4, -0.2) is 16.6 Å². The van der Waals surface area contributed by atoms with Gasteiger partial charge in [0.05, 0.1) is 4.92 Å². The van der Waals surface area contributed by atoms with Crippen molar-refractivity contribution >= 4 is 39.0 Å². The second kappa shape index (κ2) is 7.31. The number of nitrogens with zero attached hydrogens (tertiary/aromatic N) is 2. The molecule has 4 rings (SSSR count). The molecule has 142 valence electrons. The number of nitro groups is 1. The third-order valence-corrected chi connectivity index (χ3v) is 5.77. The maximum atomic E-state index is 13.1. The van der Waals surface area contributed by atoms with Gasteiger partial charge in [-0.15, -0.1) is 0 Å². The smallest absolute Gasteiger partial charge is 0.269 e. The van der Waals surface area contributed by atoms with E-state index in [0.717, 1.165) is 15.9 Å². The summed E-state index contributed by atoms with van der Waals surface area (Å²) in [7, 11) is 0. The van der Waals surface area contributed by atoms with Gasteiger partial charge in [-0.2, -0.15) is 0 Å². The van der Waals surface area contributed by atoms with Gasteiger partial charge in [0, 0.05) is 52.3 Å². The van der Waals surface area contributed by atoms with Gasteiger partial charge in [0.25, 0.3) is 5.69 Å². The fraction of sp³-hybridized carbons (Fsp3) is 0.238. The second-order valence-corrected chi connectivity index (χ2v) is 7.87. The van der Waals surface area contributed by atoms with E-state index in [1.54, 1.807) is 17.0 Å². The Hall–Kier alpha value is -2.80. The van der Waals surface area contributed by atoms with Crippen molar-refractivity contribution in [3.05, 3.63) is 80.0 Å². The summed E-state index contributed by atoms with van der Waals surface area (Å²) in [6.45, 7) is 0. The van der Waals surface area contributed by atoms with Crippen LogP contribution in [0.15, 0.2) is 64.3 Å². The number of ketones is 1. The monoisotopic (exact) mass is 440 g/mol. The zero-order chi connectivity index (χ0) is 19.8. The van der Waals surface area contributed by atoms with Crippen LogP contribution in [0.4, 0.5) is 11.4 Å². The van der Waals surface area contributed by atoms with E-state index in [1.807, 2.05) is 24.3 Å². The Bertz CT molecular complexity index is 1010. The molecule has 0 saturated carbocycles. The summed E-state index contributed by atoms with van der Waals surface area (Å²) in [6, 6.07) is 13.7. The minimum atomic E-state index is -0.458. The molecule has 6 nitrogen and oxygen atoms in total. The van der Waals surface area contributed by atoms with Crippen molar-refractivity contribution in [1.29, 1.82) is 0 Å². The van der Waals surface area contributed by atoms with Crippen molar-refractivity contribution in [3.63, 3.8) is 0 Å². The molecule has 1 amide bonds. The summed E-state index contributed by atoms with van der Waals surface area (Å²) in [5.74, 6) is -0.526. The van der Waals surface area contributed by atoms with E-state index >= 15 is 0 Å². The first-order chi connectivity index (χ1) is 13.5. The van der Waals surface area contributed by atoms with Crippen LogP contribution in [0.25, 0.3) is 0 Å². The number of nitro benzene ring substituents is 1. The summed E-state index contributed by atoms with van der Waals surface area (Å²) < 4.78 is 0.907. The Morgan fingerprint density at radius 1 is 1.07 bits per heavy atom. The number of hydrogen-bond donors (Lipinski definition) is 0. The number of allylic oxidation sites excluding steroid dienone is 2. The van der Waals surface area contributed by atoms with Gasteiger partial charge in [0.2, 0.25) is 5.91 Å². The average Bonchev–Trinajstić information content (AvgIpc) is 2.68. The molecule has 0 radical (unpaired) electrons. The summed E-state index contributed by atoms with van der Waals surface area (Å²) in [5, 5.41) is 11.2. The second-order valence-electron chi connectivity index (χ2n) is 6.95.